The van der Waals surface area contributed by atoms with Gasteiger partial charge in [-0.2, -0.15) is 5.10 Å². The Balaban J connectivity index is 1.34. The lowest BCUT2D eigenvalue weighted by Crippen LogP contribution is -2.25. The van der Waals surface area contributed by atoms with Crippen LogP contribution in [0, 0.1) is 5.92 Å². The lowest BCUT2D eigenvalue weighted by atomic mass is 9.99. The van der Waals surface area contributed by atoms with E-state index in [1.54, 1.807) is 0 Å². The minimum atomic E-state index is 0.172. The summed E-state index contributed by atoms with van der Waals surface area (Å²) >= 11 is 1.89. The van der Waals surface area contributed by atoms with Crippen molar-refractivity contribution in [3.05, 3.63) is 33.5 Å². The third-order valence-corrected chi connectivity index (χ3v) is 6.03. The molecule has 1 N–H and O–H groups in total. The van der Waals surface area contributed by atoms with Gasteiger partial charge in [0.1, 0.15) is 11.1 Å². The molecule has 2 aromatic heterocycles. The lowest BCUT2D eigenvalue weighted by Gasteiger charge is -2.19. The summed E-state index contributed by atoms with van der Waals surface area (Å²) in [6.45, 7) is 5.72. The molecule has 0 spiro atoms. The fourth-order valence-electron chi connectivity index (χ4n) is 3.70. The maximum atomic E-state index is 5.99. The molecule has 0 bridgehead atoms. The number of thiazole rings is 1. The Labute approximate surface area is 141 Å². The fourth-order valence-corrected chi connectivity index (χ4v) is 4.83. The van der Waals surface area contributed by atoms with Gasteiger partial charge in [-0.3, -0.25) is 4.68 Å². The van der Waals surface area contributed by atoms with E-state index in [1.807, 2.05) is 22.2 Å². The van der Waals surface area contributed by atoms with Crippen molar-refractivity contribution in [1.82, 2.24) is 20.1 Å². The summed E-state index contributed by atoms with van der Waals surface area (Å²) in [4.78, 5) is 6.27. The number of nitrogens with one attached hydrogen (secondary N) is 1. The molecule has 1 aliphatic carbocycles. The first kappa shape index (κ1) is 15.3. The highest BCUT2D eigenvalue weighted by molar-refractivity contribution is 7.11. The Kier molecular flexibility index (Phi) is 4.46. The third-order valence-electron chi connectivity index (χ3n) is 4.88. The summed E-state index contributed by atoms with van der Waals surface area (Å²) < 4.78 is 8.04. The van der Waals surface area contributed by atoms with E-state index >= 15 is 0 Å². The minimum Gasteiger partial charge on any atom is -0.372 e. The summed E-state index contributed by atoms with van der Waals surface area (Å²) in [6.07, 6.45) is 6.85. The first-order valence-electron chi connectivity index (χ1n) is 8.66. The maximum Gasteiger partial charge on any atom is 0.107 e. The van der Waals surface area contributed by atoms with Crippen molar-refractivity contribution in [1.29, 1.82) is 0 Å². The molecule has 23 heavy (non-hydrogen) atoms. The zero-order chi connectivity index (χ0) is 15.6. The molecule has 2 aliphatic rings. The van der Waals surface area contributed by atoms with Gasteiger partial charge in [-0.25, -0.2) is 4.98 Å². The van der Waals surface area contributed by atoms with Crippen molar-refractivity contribution >= 4 is 11.3 Å². The molecule has 0 aromatic carbocycles. The molecule has 0 amide bonds. The predicted molar refractivity (Wildman–Crippen MR) is 90.5 cm³/mol. The summed E-state index contributed by atoms with van der Waals surface area (Å²) in [5, 5.41) is 9.22. The number of hydrogen-bond donors (Lipinski definition) is 1. The van der Waals surface area contributed by atoms with Crippen LogP contribution in [-0.2, 0) is 30.7 Å². The molecule has 1 saturated heterocycles. The van der Waals surface area contributed by atoms with Gasteiger partial charge in [0.2, 0.25) is 0 Å². The first-order chi connectivity index (χ1) is 11.3. The van der Waals surface area contributed by atoms with Crippen molar-refractivity contribution in [2.75, 3.05) is 13.2 Å². The molecule has 0 saturated carbocycles. The van der Waals surface area contributed by atoms with Gasteiger partial charge in [-0.15, -0.1) is 11.3 Å². The van der Waals surface area contributed by atoms with Crippen LogP contribution in [0.25, 0.3) is 0 Å². The van der Waals surface area contributed by atoms with Crippen LogP contribution >= 0.6 is 11.3 Å². The van der Waals surface area contributed by atoms with Crippen molar-refractivity contribution in [2.45, 2.75) is 51.8 Å². The van der Waals surface area contributed by atoms with Gasteiger partial charge in [0.05, 0.1) is 11.4 Å². The van der Waals surface area contributed by atoms with Crippen molar-refractivity contribution in [3.63, 3.8) is 0 Å². The SMILES string of the molecule is CCn1nccc1[C@@H]1OCC[C@H]1CNCc1nc2c(s1)CCC2. The van der Waals surface area contributed by atoms with E-state index in [0.717, 1.165) is 32.7 Å². The third kappa shape index (κ3) is 3.07. The van der Waals surface area contributed by atoms with Crippen LogP contribution in [0.4, 0.5) is 0 Å². The van der Waals surface area contributed by atoms with Crippen LogP contribution in [0.3, 0.4) is 0 Å². The largest absolute Gasteiger partial charge is 0.372 e. The molecule has 124 valence electrons. The number of aromatic nitrogens is 3. The number of rotatable bonds is 6. The Morgan fingerprint density at radius 2 is 2.39 bits per heavy atom. The molecule has 2 atom stereocenters. The summed E-state index contributed by atoms with van der Waals surface area (Å²) in [5.74, 6) is 0.517. The minimum absolute atomic E-state index is 0.172. The second kappa shape index (κ2) is 6.71. The topological polar surface area (TPSA) is 52.0 Å². The van der Waals surface area contributed by atoms with Gasteiger partial charge in [-0.05, 0) is 38.7 Å². The summed E-state index contributed by atoms with van der Waals surface area (Å²) in [5.41, 5.74) is 2.56. The van der Waals surface area contributed by atoms with Gasteiger partial charge in [0.15, 0.2) is 0 Å². The number of aryl methyl sites for hydroxylation is 3. The highest BCUT2D eigenvalue weighted by Gasteiger charge is 2.31. The van der Waals surface area contributed by atoms with Crippen molar-refractivity contribution in [2.24, 2.45) is 5.92 Å². The average molecular weight is 332 g/mol. The molecule has 6 heteroatoms. The van der Waals surface area contributed by atoms with Gasteiger partial charge < -0.3 is 10.1 Å². The van der Waals surface area contributed by atoms with Crippen LogP contribution in [0.1, 0.15) is 47.1 Å². The quantitative estimate of drug-likeness (QED) is 0.884. The molecule has 4 rings (SSSR count). The van der Waals surface area contributed by atoms with Gasteiger partial charge in [-0.1, -0.05) is 0 Å². The monoisotopic (exact) mass is 332 g/mol. The summed E-state index contributed by atoms with van der Waals surface area (Å²) in [7, 11) is 0. The molecule has 1 aliphatic heterocycles. The van der Waals surface area contributed by atoms with Crippen LogP contribution in [0.5, 0.6) is 0 Å². The van der Waals surface area contributed by atoms with Crippen LogP contribution < -0.4 is 5.32 Å². The van der Waals surface area contributed by atoms with E-state index in [0.29, 0.717) is 5.92 Å². The standard InChI is InChI=1S/C17H24N4OS/c1-2-21-14(6-8-19-21)17-12(7-9-22-17)10-18-11-16-20-13-4-3-5-15(13)23-16/h6,8,12,17-18H,2-5,7,9-11H2,1H3/t12-,17+/m0/s1. The molecule has 2 aromatic rings. The van der Waals surface area contributed by atoms with E-state index in [4.69, 9.17) is 9.72 Å². The zero-order valence-corrected chi connectivity index (χ0v) is 14.4. The highest BCUT2D eigenvalue weighted by Crippen LogP contribution is 2.34. The normalized spacial score (nSPS) is 23.5. The van der Waals surface area contributed by atoms with Crippen LogP contribution in [0.2, 0.25) is 0 Å². The van der Waals surface area contributed by atoms with E-state index in [9.17, 15) is 0 Å². The Bertz CT molecular complexity index is 644. The fraction of sp³-hybridized carbons (Fsp3) is 0.647. The second-order valence-electron chi connectivity index (χ2n) is 6.37. The van der Waals surface area contributed by atoms with Crippen LogP contribution in [0.15, 0.2) is 12.3 Å². The number of nitrogens with zero attached hydrogens (tertiary/aromatic N) is 3. The maximum absolute atomic E-state index is 5.99. The van der Waals surface area contributed by atoms with E-state index in [2.05, 4.69) is 23.4 Å². The molecule has 0 unspecified atom stereocenters. The first-order valence-corrected chi connectivity index (χ1v) is 9.48. The van der Waals surface area contributed by atoms with E-state index in [1.165, 1.54) is 40.5 Å². The second-order valence-corrected chi connectivity index (χ2v) is 7.54. The number of fused-ring (bicyclic) bond motifs is 1. The summed E-state index contributed by atoms with van der Waals surface area (Å²) in [6, 6.07) is 2.10. The van der Waals surface area contributed by atoms with Crippen LogP contribution in [-0.4, -0.2) is 27.9 Å². The Morgan fingerprint density at radius 1 is 1.43 bits per heavy atom. The average Bonchev–Trinajstić information content (AvgIpc) is 3.30. The Hall–Kier alpha value is -1.24. The molecule has 1 fully saturated rings. The number of hydrogen-bond acceptors (Lipinski definition) is 5. The Morgan fingerprint density at radius 3 is 3.26 bits per heavy atom. The zero-order valence-electron chi connectivity index (χ0n) is 13.6. The van der Waals surface area contributed by atoms with Crippen molar-refractivity contribution in [3.8, 4) is 0 Å². The van der Waals surface area contributed by atoms with Gasteiger partial charge >= 0.3 is 0 Å². The van der Waals surface area contributed by atoms with Gasteiger partial charge in [0, 0.05) is 43.2 Å². The van der Waals surface area contributed by atoms with E-state index < -0.39 is 0 Å². The smallest absolute Gasteiger partial charge is 0.107 e. The molecule has 0 radical (unpaired) electrons. The lowest BCUT2D eigenvalue weighted by molar-refractivity contribution is 0.0830. The molecular formula is C17H24N4OS. The number of ether oxygens (including phenoxy) is 1. The van der Waals surface area contributed by atoms with E-state index in [-0.39, 0.29) is 6.10 Å². The highest BCUT2D eigenvalue weighted by atomic mass is 32.1. The predicted octanol–water partition coefficient (Wildman–Crippen LogP) is 2.72. The molecule has 3 heterocycles. The van der Waals surface area contributed by atoms with Crippen molar-refractivity contribution < 1.29 is 4.74 Å². The van der Waals surface area contributed by atoms with Gasteiger partial charge in [0.25, 0.3) is 0 Å². The molecule has 5 nitrogen and oxygen atoms in total. The molecular weight excluding hydrogens is 308 g/mol.